The Morgan fingerprint density at radius 2 is 1.52 bits per heavy atom. The van der Waals surface area contributed by atoms with Crippen LogP contribution >= 0.6 is 7.14 Å². The van der Waals surface area contributed by atoms with Gasteiger partial charge in [0.05, 0.1) is 34.4 Å². The van der Waals surface area contributed by atoms with Crippen LogP contribution in [0.3, 0.4) is 0 Å². The van der Waals surface area contributed by atoms with Crippen LogP contribution in [-0.4, -0.2) is 45.6 Å². The molecular weight excluding hydrogens is 419 g/mol. The SMILES string of the molecule is COc1cc(OC)c(C(=O)P(=O)(CCC(=O)OCC(C)C)c2ccccc2)c(OC)c1. The van der Waals surface area contributed by atoms with Gasteiger partial charge < -0.3 is 23.5 Å². The lowest BCUT2D eigenvalue weighted by Crippen LogP contribution is -2.20. The van der Waals surface area contributed by atoms with Crippen LogP contribution < -0.4 is 19.5 Å². The zero-order valence-electron chi connectivity index (χ0n) is 18.5. The molecule has 1 unspecified atom stereocenters. The Morgan fingerprint density at radius 1 is 0.935 bits per heavy atom. The fourth-order valence-corrected chi connectivity index (χ4v) is 5.42. The standard InChI is InChI=1S/C23H29O7P/c1-16(2)15-30-21(24)11-12-31(26,18-9-7-6-8-10-18)23(25)22-19(28-4)13-17(27-3)14-20(22)29-5/h6-10,13-14,16H,11-12,15H2,1-5H3. The van der Waals surface area contributed by atoms with E-state index in [-0.39, 0.29) is 42.2 Å². The maximum Gasteiger partial charge on any atom is 0.306 e. The molecule has 0 bridgehead atoms. The first-order valence-electron chi connectivity index (χ1n) is 9.92. The average molecular weight is 448 g/mol. The number of ether oxygens (including phenoxy) is 4. The van der Waals surface area contributed by atoms with Crippen molar-refractivity contribution in [2.24, 2.45) is 5.92 Å². The van der Waals surface area contributed by atoms with Gasteiger partial charge in [-0.2, -0.15) is 0 Å². The van der Waals surface area contributed by atoms with E-state index in [4.69, 9.17) is 18.9 Å². The molecule has 0 N–H and O–H groups in total. The van der Waals surface area contributed by atoms with Crippen LogP contribution in [0.15, 0.2) is 42.5 Å². The maximum atomic E-state index is 14.1. The predicted molar refractivity (Wildman–Crippen MR) is 119 cm³/mol. The smallest absolute Gasteiger partial charge is 0.306 e. The second-order valence-electron chi connectivity index (χ2n) is 7.34. The Hall–Kier alpha value is -2.79. The summed E-state index contributed by atoms with van der Waals surface area (Å²) < 4.78 is 35.3. The van der Waals surface area contributed by atoms with Crippen LogP contribution in [0.1, 0.15) is 30.6 Å². The second-order valence-corrected chi connectivity index (χ2v) is 10.2. The van der Waals surface area contributed by atoms with Crippen molar-refractivity contribution in [3.8, 4) is 17.2 Å². The van der Waals surface area contributed by atoms with Gasteiger partial charge in [-0.3, -0.25) is 9.59 Å². The monoisotopic (exact) mass is 448 g/mol. The highest BCUT2D eigenvalue weighted by atomic mass is 31.2. The lowest BCUT2D eigenvalue weighted by molar-refractivity contribution is -0.144. The third kappa shape index (κ3) is 5.88. The molecule has 2 aromatic carbocycles. The molecule has 1 atom stereocenters. The number of rotatable bonds is 11. The number of hydrogen-bond acceptors (Lipinski definition) is 7. The average Bonchev–Trinajstić information content (AvgIpc) is 2.80. The van der Waals surface area contributed by atoms with E-state index < -0.39 is 18.6 Å². The minimum Gasteiger partial charge on any atom is -0.496 e. The highest BCUT2D eigenvalue weighted by Gasteiger charge is 2.38. The lowest BCUT2D eigenvalue weighted by atomic mass is 10.2. The number of carbonyl (C=O) groups excluding carboxylic acids is 2. The molecule has 2 rings (SSSR count). The predicted octanol–water partition coefficient (Wildman–Crippen LogP) is 4.13. The van der Waals surface area contributed by atoms with Crippen molar-refractivity contribution < 1.29 is 33.1 Å². The molecule has 0 spiro atoms. The molecule has 2 aromatic rings. The summed E-state index contributed by atoms with van der Waals surface area (Å²) in [6, 6.07) is 11.5. The van der Waals surface area contributed by atoms with Gasteiger partial charge in [-0.1, -0.05) is 44.2 Å². The van der Waals surface area contributed by atoms with Crippen molar-refractivity contribution in [3.63, 3.8) is 0 Å². The third-order valence-corrected chi connectivity index (χ3v) is 7.50. The fraction of sp³-hybridized carbons (Fsp3) is 0.391. The Morgan fingerprint density at radius 3 is 2.00 bits per heavy atom. The summed E-state index contributed by atoms with van der Waals surface area (Å²) in [6.45, 7) is 4.12. The second kappa shape index (κ2) is 11.0. The molecule has 0 amide bonds. The van der Waals surface area contributed by atoms with Crippen molar-refractivity contribution in [2.75, 3.05) is 34.1 Å². The highest BCUT2D eigenvalue weighted by molar-refractivity contribution is 7.87. The zero-order chi connectivity index (χ0) is 23.0. The summed E-state index contributed by atoms with van der Waals surface area (Å²) in [5, 5.41) is 0.358. The number of benzene rings is 2. The van der Waals surface area contributed by atoms with E-state index in [1.54, 1.807) is 30.3 Å². The van der Waals surface area contributed by atoms with E-state index in [1.807, 2.05) is 13.8 Å². The van der Waals surface area contributed by atoms with Crippen molar-refractivity contribution >= 4 is 23.9 Å². The van der Waals surface area contributed by atoms with E-state index in [0.29, 0.717) is 11.1 Å². The molecule has 0 saturated carbocycles. The summed E-state index contributed by atoms with van der Waals surface area (Å²) in [5.41, 5.74) is -0.597. The van der Waals surface area contributed by atoms with Crippen LogP contribution in [0.4, 0.5) is 0 Å². The minimum absolute atomic E-state index is 0.0496. The minimum atomic E-state index is -3.73. The van der Waals surface area contributed by atoms with Crippen LogP contribution in [0, 0.1) is 5.92 Å². The van der Waals surface area contributed by atoms with Gasteiger partial charge in [0.15, 0.2) is 7.14 Å². The normalized spacial score (nSPS) is 12.7. The molecule has 0 radical (unpaired) electrons. The molecular formula is C23H29O7P. The summed E-state index contributed by atoms with van der Waals surface area (Å²) >= 11 is 0. The van der Waals surface area contributed by atoms with Gasteiger partial charge in [-0.25, -0.2) is 0 Å². The molecule has 0 aromatic heterocycles. The Bertz CT molecular complexity index is 929. The fourth-order valence-electron chi connectivity index (χ4n) is 2.99. The van der Waals surface area contributed by atoms with Gasteiger partial charge in [0.25, 0.3) is 0 Å². The van der Waals surface area contributed by atoms with Crippen molar-refractivity contribution in [1.82, 2.24) is 0 Å². The number of methoxy groups -OCH3 is 3. The quantitative estimate of drug-likeness (QED) is 0.377. The van der Waals surface area contributed by atoms with Crippen LogP contribution in [0.25, 0.3) is 0 Å². The van der Waals surface area contributed by atoms with E-state index in [2.05, 4.69) is 0 Å². The summed E-state index contributed by atoms with van der Waals surface area (Å²) in [6.07, 6.45) is -0.309. The molecule has 7 nitrogen and oxygen atoms in total. The van der Waals surface area contributed by atoms with Gasteiger partial charge in [0.2, 0.25) is 5.52 Å². The Labute approximate surface area is 183 Å². The summed E-state index contributed by atoms with van der Waals surface area (Å²) in [5.74, 6) is 0.474. The molecule has 0 fully saturated rings. The van der Waals surface area contributed by atoms with E-state index in [1.165, 1.54) is 33.5 Å². The van der Waals surface area contributed by atoms with Crippen molar-refractivity contribution in [1.29, 1.82) is 0 Å². The van der Waals surface area contributed by atoms with E-state index in [0.717, 1.165) is 0 Å². The molecule has 31 heavy (non-hydrogen) atoms. The molecule has 0 heterocycles. The number of carbonyl (C=O) groups is 2. The highest BCUT2D eigenvalue weighted by Crippen LogP contribution is 2.52. The van der Waals surface area contributed by atoms with Gasteiger partial charge in [-0.05, 0) is 5.92 Å². The molecule has 168 valence electrons. The topological polar surface area (TPSA) is 88.1 Å². The number of esters is 1. The van der Waals surface area contributed by atoms with Gasteiger partial charge in [0.1, 0.15) is 22.8 Å². The first-order chi connectivity index (χ1) is 14.8. The Kier molecular flexibility index (Phi) is 8.69. The number of hydrogen-bond donors (Lipinski definition) is 0. The zero-order valence-corrected chi connectivity index (χ0v) is 19.4. The van der Waals surface area contributed by atoms with Gasteiger partial charge in [0, 0.05) is 23.6 Å². The lowest BCUT2D eigenvalue weighted by Gasteiger charge is -2.21. The molecule has 0 aliphatic carbocycles. The van der Waals surface area contributed by atoms with Crippen LogP contribution in [-0.2, 0) is 14.1 Å². The molecule has 0 aliphatic rings. The van der Waals surface area contributed by atoms with Crippen molar-refractivity contribution in [3.05, 3.63) is 48.0 Å². The van der Waals surface area contributed by atoms with Crippen LogP contribution in [0.5, 0.6) is 17.2 Å². The van der Waals surface area contributed by atoms with Crippen LogP contribution in [0.2, 0.25) is 0 Å². The van der Waals surface area contributed by atoms with Crippen molar-refractivity contribution in [2.45, 2.75) is 20.3 Å². The first-order valence-corrected chi connectivity index (χ1v) is 11.8. The Balaban J connectivity index is 2.49. The summed E-state index contributed by atoms with van der Waals surface area (Å²) in [4.78, 5) is 25.9. The molecule has 0 saturated heterocycles. The van der Waals surface area contributed by atoms with Gasteiger partial charge >= 0.3 is 5.97 Å². The third-order valence-electron chi connectivity index (χ3n) is 4.64. The van der Waals surface area contributed by atoms with E-state index in [9.17, 15) is 14.2 Å². The largest absolute Gasteiger partial charge is 0.496 e. The maximum absolute atomic E-state index is 14.1. The van der Waals surface area contributed by atoms with Gasteiger partial charge in [-0.15, -0.1) is 0 Å². The molecule has 0 aliphatic heterocycles. The summed E-state index contributed by atoms with van der Waals surface area (Å²) in [7, 11) is 0.558. The van der Waals surface area contributed by atoms with E-state index >= 15 is 0 Å². The molecule has 8 heteroatoms. The first kappa shape index (κ1) is 24.5.